The number of halogens is 2. The summed E-state index contributed by atoms with van der Waals surface area (Å²) in [6, 6.07) is 2.21. The van der Waals surface area contributed by atoms with Crippen molar-refractivity contribution in [2.75, 3.05) is 20.1 Å². The van der Waals surface area contributed by atoms with Crippen LogP contribution in [0.25, 0.3) is 0 Å². The van der Waals surface area contributed by atoms with Gasteiger partial charge in [-0.3, -0.25) is 0 Å². The van der Waals surface area contributed by atoms with E-state index in [1.54, 1.807) is 0 Å². The lowest BCUT2D eigenvalue weighted by molar-refractivity contribution is 0.106. The Morgan fingerprint density at radius 3 is 2.32 bits per heavy atom. The van der Waals surface area contributed by atoms with E-state index >= 15 is 0 Å². The molecule has 2 N–H and O–H groups in total. The fourth-order valence-electron chi connectivity index (χ4n) is 2.08. The van der Waals surface area contributed by atoms with E-state index in [1.165, 1.54) is 0 Å². The molecule has 0 unspecified atom stereocenters. The minimum Gasteiger partial charge on any atom is -0.484 e. The summed E-state index contributed by atoms with van der Waals surface area (Å²) in [5, 5.41) is 0. The van der Waals surface area contributed by atoms with Gasteiger partial charge < -0.3 is 15.4 Å². The molecule has 0 atom stereocenters. The second-order valence-corrected chi connectivity index (χ2v) is 5.19. The monoisotopic (exact) mass is 286 g/mol. The third kappa shape index (κ3) is 3.39. The molecule has 1 aromatic rings. The van der Waals surface area contributed by atoms with Crippen LogP contribution in [0.4, 0.5) is 8.78 Å². The van der Waals surface area contributed by atoms with Gasteiger partial charge in [0, 0.05) is 18.7 Å². The zero-order valence-electron chi connectivity index (χ0n) is 10.7. The van der Waals surface area contributed by atoms with Crippen LogP contribution in [0.15, 0.2) is 12.1 Å². The van der Waals surface area contributed by atoms with E-state index in [-0.39, 0.29) is 22.4 Å². The van der Waals surface area contributed by atoms with Crippen molar-refractivity contribution in [2.45, 2.75) is 18.9 Å². The smallest absolute Gasteiger partial charge is 0.191 e. The summed E-state index contributed by atoms with van der Waals surface area (Å²) in [5.41, 5.74) is 5.52. The summed E-state index contributed by atoms with van der Waals surface area (Å²) in [6.45, 7) is 1.72. The highest BCUT2D eigenvalue weighted by atomic mass is 32.1. The first-order valence-electron chi connectivity index (χ1n) is 6.11. The zero-order valence-corrected chi connectivity index (χ0v) is 11.5. The van der Waals surface area contributed by atoms with Gasteiger partial charge in [-0.2, -0.15) is 0 Å². The molecule has 3 nitrogen and oxygen atoms in total. The fourth-order valence-corrected chi connectivity index (χ4v) is 2.20. The number of likely N-dealkylation sites (tertiary alicyclic amines) is 1. The van der Waals surface area contributed by atoms with Gasteiger partial charge in [-0.15, -0.1) is 0 Å². The van der Waals surface area contributed by atoms with Crippen molar-refractivity contribution in [1.82, 2.24) is 4.90 Å². The quantitative estimate of drug-likeness (QED) is 0.863. The van der Waals surface area contributed by atoms with Gasteiger partial charge in [0.2, 0.25) is 0 Å². The van der Waals surface area contributed by atoms with Crippen LogP contribution in [0.2, 0.25) is 0 Å². The number of hydrogen-bond acceptors (Lipinski definition) is 3. The molecule has 0 saturated carbocycles. The van der Waals surface area contributed by atoms with Crippen molar-refractivity contribution in [3.63, 3.8) is 0 Å². The van der Waals surface area contributed by atoms with Gasteiger partial charge in [-0.05, 0) is 32.0 Å². The van der Waals surface area contributed by atoms with Gasteiger partial charge in [0.05, 0.1) is 0 Å². The van der Waals surface area contributed by atoms with E-state index in [9.17, 15) is 8.78 Å². The lowest BCUT2D eigenvalue weighted by Crippen LogP contribution is -2.36. The van der Waals surface area contributed by atoms with Crippen molar-refractivity contribution in [3.8, 4) is 5.75 Å². The lowest BCUT2D eigenvalue weighted by Gasteiger charge is -2.29. The first kappa shape index (κ1) is 14.1. The fraction of sp³-hybridized carbons (Fsp3) is 0.462. The van der Waals surface area contributed by atoms with Crippen LogP contribution in [0.1, 0.15) is 18.4 Å². The number of rotatable bonds is 3. The van der Waals surface area contributed by atoms with E-state index in [2.05, 4.69) is 4.90 Å². The maximum absolute atomic E-state index is 13.8. The average molecular weight is 286 g/mol. The van der Waals surface area contributed by atoms with Gasteiger partial charge in [0.15, 0.2) is 17.4 Å². The molecule has 1 aliphatic rings. The van der Waals surface area contributed by atoms with Gasteiger partial charge >= 0.3 is 0 Å². The third-order valence-corrected chi connectivity index (χ3v) is 3.47. The number of nitrogens with zero attached hydrogens (tertiary/aromatic N) is 1. The number of benzene rings is 1. The Hall–Kier alpha value is -1.27. The van der Waals surface area contributed by atoms with E-state index in [4.69, 9.17) is 22.7 Å². The summed E-state index contributed by atoms with van der Waals surface area (Å²) in [5.74, 6) is -1.86. The van der Waals surface area contributed by atoms with Crippen molar-refractivity contribution in [1.29, 1.82) is 0 Å². The topological polar surface area (TPSA) is 38.5 Å². The van der Waals surface area contributed by atoms with Gasteiger partial charge in [-0.1, -0.05) is 12.2 Å². The molecular weight excluding hydrogens is 270 g/mol. The van der Waals surface area contributed by atoms with Crippen LogP contribution in [-0.2, 0) is 0 Å². The van der Waals surface area contributed by atoms with E-state index in [1.807, 2.05) is 7.05 Å². The molecule has 0 spiro atoms. The number of hydrogen-bond donors (Lipinski definition) is 1. The number of piperidine rings is 1. The SMILES string of the molecule is CN1CCC(Oc2c(F)cc(C(N)=S)cc2F)CC1. The normalized spacial score (nSPS) is 17.4. The summed E-state index contributed by atoms with van der Waals surface area (Å²) in [7, 11) is 2.01. The summed E-state index contributed by atoms with van der Waals surface area (Å²) >= 11 is 4.70. The molecule has 2 rings (SSSR count). The first-order valence-corrected chi connectivity index (χ1v) is 6.52. The van der Waals surface area contributed by atoms with Crippen LogP contribution < -0.4 is 10.5 Å². The molecule has 1 aliphatic heterocycles. The van der Waals surface area contributed by atoms with E-state index in [0.717, 1.165) is 38.1 Å². The predicted molar refractivity (Wildman–Crippen MR) is 73.4 cm³/mol. The Morgan fingerprint density at radius 2 is 1.84 bits per heavy atom. The molecule has 0 aromatic heterocycles. The minimum absolute atomic E-state index is 0.0383. The van der Waals surface area contributed by atoms with Crippen molar-refractivity contribution in [2.24, 2.45) is 5.73 Å². The van der Waals surface area contributed by atoms with Crippen LogP contribution >= 0.6 is 12.2 Å². The minimum atomic E-state index is -0.762. The van der Waals surface area contributed by atoms with E-state index in [0.29, 0.717) is 0 Å². The summed E-state index contributed by atoms with van der Waals surface area (Å²) < 4.78 is 33.1. The first-order chi connectivity index (χ1) is 8.97. The van der Waals surface area contributed by atoms with Crippen molar-refractivity contribution >= 4 is 17.2 Å². The third-order valence-electron chi connectivity index (χ3n) is 3.23. The Kier molecular flexibility index (Phi) is 4.31. The Bertz CT molecular complexity index is 465. The highest BCUT2D eigenvalue weighted by Crippen LogP contribution is 2.26. The molecule has 1 fully saturated rings. The Balaban J connectivity index is 2.14. The molecular formula is C13H16F2N2OS. The Labute approximate surface area is 116 Å². The summed E-state index contributed by atoms with van der Waals surface area (Å²) in [6.07, 6.45) is 1.36. The van der Waals surface area contributed by atoms with Crippen LogP contribution in [-0.4, -0.2) is 36.1 Å². The Morgan fingerprint density at radius 1 is 1.32 bits per heavy atom. The molecule has 0 bridgehead atoms. The van der Waals surface area contributed by atoms with Crippen molar-refractivity contribution in [3.05, 3.63) is 29.3 Å². The molecule has 1 heterocycles. The highest BCUT2D eigenvalue weighted by Gasteiger charge is 2.22. The molecule has 0 amide bonds. The predicted octanol–water partition coefficient (Wildman–Crippen LogP) is 2.07. The molecule has 1 saturated heterocycles. The standard InChI is InChI=1S/C13H16F2N2OS/c1-17-4-2-9(3-5-17)18-12-10(14)6-8(13(16)19)7-11(12)15/h6-7,9H,2-5H2,1H3,(H2,16,19). The largest absolute Gasteiger partial charge is 0.484 e. The van der Waals surface area contributed by atoms with Crippen LogP contribution in [0, 0.1) is 11.6 Å². The molecule has 1 aromatic carbocycles. The second kappa shape index (κ2) is 5.79. The van der Waals surface area contributed by atoms with Gasteiger partial charge in [-0.25, -0.2) is 8.78 Å². The van der Waals surface area contributed by atoms with E-state index < -0.39 is 11.6 Å². The molecule has 0 radical (unpaired) electrons. The maximum Gasteiger partial charge on any atom is 0.191 e. The second-order valence-electron chi connectivity index (χ2n) is 4.75. The lowest BCUT2D eigenvalue weighted by atomic mass is 10.1. The zero-order chi connectivity index (χ0) is 14.0. The molecule has 104 valence electrons. The average Bonchev–Trinajstić information content (AvgIpc) is 2.35. The van der Waals surface area contributed by atoms with Crippen LogP contribution in [0.3, 0.4) is 0 Å². The molecule has 6 heteroatoms. The van der Waals surface area contributed by atoms with Gasteiger partial charge in [0.25, 0.3) is 0 Å². The highest BCUT2D eigenvalue weighted by molar-refractivity contribution is 7.80. The van der Waals surface area contributed by atoms with Crippen molar-refractivity contribution < 1.29 is 13.5 Å². The summed E-state index contributed by atoms with van der Waals surface area (Å²) in [4.78, 5) is 2.12. The van der Waals surface area contributed by atoms with Gasteiger partial charge in [0.1, 0.15) is 11.1 Å². The molecule has 0 aliphatic carbocycles. The van der Waals surface area contributed by atoms with Crippen LogP contribution in [0.5, 0.6) is 5.75 Å². The number of ether oxygens (including phenoxy) is 1. The molecule has 19 heavy (non-hydrogen) atoms. The maximum atomic E-state index is 13.8. The number of thiocarbonyl (C=S) groups is 1. The number of nitrogens with two attached hydrogens (primary N) is 1.